The number of aryl methyl sites for hydroxylation is 2. The predicted molar refractivity (Wildman–Crippen MR) is 164 cm³/mol. The van der Waals surface area contributed by atoms with Crippen molar-refractivity contribution in [2.45, 2.75) is 83.0 Å². The summed E-state index contributed by atoms with van der Waals surface area (Å²) in [4.78, 5) is 24.8. The van der Waals surface area contributed by atoms with E-state index in [-0.39, 0.29) is 11.8 Å². The van der Waals surface area contributed by atoms with Gasteiger partial charge in [0.1, 0.15) is 10.0 Å². The number of amides is 2. The maximum atomic E-state index is 12.5. The van der Waals surface area contributed by atoms with Crippen molar-refractivity contribution in [2.75, 3.05) is 10.6 Å². The Hall–Kier alpha value is -3.50. The number of unbranched alkanes of at least 4 members (excludes halogenated alkanes) is 2. The molecule has 2 heterocycles. The second kappa shape index (κ2) is 14.9. The molecule has 4 aromatic rings. The fourth-order valence-corrected chi connectivity index (χ4v) is 6.77. The van der Waals surface area contributed by atoms with Gasteiger partial charge in [-0.3, -0.25) is 9.59 Å². The number of carbonyl (C=O) groups is 2. The van der Waals surface area contributed by atoms with Crippen molar-refractivity contribution in [1.82, 2.24) is 20.4 Å². The van der Waals surface area contributed by atoms with E-state index in [0.717, 1.165) is 53.2 Å². The third-order valence-electron chi connectivity index (χ3n) is 7.34. The maximum Gasteiger partial charge on any atom is 0.230 e. The molecule has 1 aliphatic carbocycles. The molecular formula is C31H36N6O2S2. The highest BCUT2D eigenvalue weighted by Crippen LogP contribution is 2.32. The number of rotatable bonds is 13. The minimum Gasteiger partial charge on any atom is -0.300 e. The minimum absolute atomic E-state index is 0.0641. The molecule has 1 aliphatic rings. The molecule has 2 N–H and O–H groups in total. The lowest BCUT2D eigenvalue weighted by Crippen LogP contribution is -2.14. The summed E-state index contributed by atoms with van der Waals surface area (Å²) in [6.45, 7) is 0. The van der Waals surface area contributed by atoms with E-state index in [0.29, 0.717) is 29.0 Å². The van der Waals surface area contributed by atoms with E-state index < -0.39 is 0 Å². The van der Waals surface area contributed by atoms with Gasteiger partial charge in [0.15, 0.2) is 0 Å². The molecule has 214 valence electrons. The predicted octanol–water partition coefficient (Wildman–Crippen LogP) is 6.76. The highest BCUT2D eigenvalue weighted by atomic mass is 32.1. The molecule has 2 amide bonds. The average Bonchev–Trinajstić information content (AvgIpc) is 3.63. The zero-order valence-electron chi connectivity index (χ0n) is 23.2. The Morgan fingerprint density at radius 1 is 0.659 bits per heavy atom. The smallest absolute Gasteiger partial charge is 0.230 e. The molecule has 41 heavy (non-hydrogen) atoms. The van der Waals surface area contributed by atoms with E-state index in [4.69, 9.17) is 0 Å². The van der Waals surface area contributed by atoms with Crippen molar-refractivity contribution in [3.8, 4) is 0 Å². The first-order valence-electron chi connectivity index (χ1n) is 14.5. The zero-order chi connectivity index (χ0) is 28.3. The van der Waals surface area contributed by atoms with Gasteiger partial charge in [0, 0.05) is 12.8 Å². The number of anilines is 2. The van der Waals surface area contributed by atoms with Gasteiger partial charge in [0.2, 0.25) is 22.1 Å². The van der Waals surface area contributed by atoms with Gasteiger partial charge in [-0.25, -0.2) is 0 Å². The summed E-state index contributed by atoms with van der Waals surface area (Å²) < 4.78 is 0. The molecule has 10 heteroatoms. The summed E-state index contributed by atoms with van der Waals surface area (Å²) in [5.41, 5.74) is 3.39. The third-order valence-corrected chi connectivity index (χ3v) is 9.13. The fourth-order valence-electron chi connectivity index (χ4n) is 5.18. The molecular weight excluding hydrogens is 553 g/mol. The topological polar surface area (TPSA) is 110 Å². The van der Waals surface area contributed by atoms with Crippen LogP contribution in [-0.4, -0.2) is 32.2 Å². The molecule has 5 rings (SSSR count). The zero-order valence-corrected chi connectivity index (χ0v) is 24.8. The van der Waals surface area contributed by atoms with Crippen molar-refractivity contribution >= 4 is 44.8 Å². The number of aromatic nitrogens is 4. The standard InChI is InChI=1S/C31H36N6O2S2/c38-26(20-22-10-4-1-5-11-22)32-30-36-34-28(40-30)14-8-3-9-15-29-35-37-31(41-29)33-27(39)21-23-16-18-25(19-17-23)24-12-6-2-7-13-24/h1,4-5,10-11,16-19,24H,2-3,6-9,12-15,20-21H2,(H,32,36,38)(H,33,37,39). The molecule has 8 nitrogen and oxygen atoms in total. The van der Waals surface area contributed by atoms with Crippen LogP contribution >= 0.6 is 22.7 Å². The Balaban J connectivity index is 0.966. The van der Waals surface area contributed by atoms with Crippen LogP contribution in [0.5, 0.6) is 0 Å². The summed E-state index contributed by atoms with van der Waals surface area (Å²) in [7, 11) is 0. The molecule has 0 atom stereocenters. The number of hydrogen-bond acceptors (Lipinski definition) is 8. The van der Waals surface area contributed by atoms with Crippen molar-refractivity contribution in [1.29, 1.82) is 0 Å². The SMILES string of the molecule is O=C(Cc1ccccc1)Nc1nnc(CCCCCc2nnc(NC(=O)Cc3ccc(C4CCCCC4)cc3)s2)s1. The fraction of sp³-hybridized carbons (Fsp3) is 0.419. The van der Waals surface area contributed by atoms with Gasteiger partial charge in [-0.1, -0.05) is 103 Å². The second-order valence-corrected chi connectivity index (χ2v) is 12.7. The highest BCUT2D eigenvalue weighted by Gasteiger charge is 2.16. The van der Waals surface area contributed by atoms with Gasteiger partial charge in [-0.2, -0.15) is 0 Å². The molecule has 2 aromatic carbocycles. The summed E-state index contributed by atoms with van der Waals surface area (Å²) in [5, 5.41) is 25.4. The van der Waals surface area contributed by atoms with Crippen molar-refractivity contribution in [3.63, 3.8) is 0 Å². The number of nitrogens with one attached hydrogen (secondary N) is 2. The minimum atomic E-state index is -0.0879. The first-order chi connectivity index (χ1) is 20.1. The monoisotopic (exact) mass is 588 g/mol. The van der Waals surface area contributed by atoms with E-state index in [1.54, 1.807) is 0 Å². The number of carbonyl (C=O) groups excluding carboxylic acids is 2. The van der Waals surface area contributed by atoms with E-state index >= 15 is 0 Å². The molecule has 0 bridgehead atoms. The van der Waals surface area contributed by atoms with Crippen LogP contribution in [0.15, 0.2) is 54.6 Å². The van der Waals surface area contributed by atoms with Crippen molar-refractivity contribution in [3.05, 3.63) is 81.3 Å². The molecule has 1 saturated carbocycles. The summed E-state index contributed by atoms with van der Waals surface area (Å²) in [5.74, 6) is 0.522. The molecule has 0 spiro atoms. The van der Waals surface area contributed by atoms with E-state index in [9.17, 15) is 9.59 Å². The maximum absolute atomic E-state index is 12.5. The Bertz CT molecular complexity index is 1400. The van der Waals surface area contributed by atoms with Crippen LogP contribution < -0.4 is 10.6 Å². The summed E-state index contributed by atoms with van der Waals surface area (Å²) in [6.07, 6.45) is 11.8. The van der Waals surface area contributed by atoms with Crippen LogP contribution in [0.1, 0.15) is 84.0 Å². The second-order valence-electron chi connectivity index (χ2n) is 10.6. The lowest BCUT2D eigenvalue weighted by atomic mass is 9.84. The molecule has 1 fully saturated rings. The van der Waals surface area contributed by atoms with Gasteiger partial charge in [0.25, 0.3) is 0 Å². The normalized spacial score (nSPS) is 13.7. The molecule has 0 radical (unpaired) electrons. The molecule has 0 saturated heterocycles. The quantitative estimate of drug-likeness (QED) is 0.167. The first kappa shape index (κ1) is 29.0. The average molecular weight is 589 g/mol. The van der Waals surface area contributed by atoms with Gasteiger partial charge < -0.3 is 10.6 Å². The van der Waals surface area contributed by atoms with Crippen LogP contribution in [0.3, 0.4) is 0 Å². The largest absolute Gasteiger partial charge is 0.300 e. The van der Waals surface area contributed by atoms with E-state index in [1.165, 1.54) is 60.3 Å². The van der Waals surface area contributed by atoms with Crippen LogP contribution in [0.2, 0.25) is 0 Å². The molecule has 0 aliphatic heterocycles. The third kappa shape index (κ3) is 9.26. The van der Waals surface area contributed by atoms with Gasteiger partial charge in [-0.05, 0) is 48.3 Å². The number of nitrogens with zero attached hydrogens (tertiary/aromatic N) is 4. The van der Waals surface area contributed by atoms with Gasteiger partial charge >= 0.3 is 0 Å². The Morgan fingerprint density at radius 2 is 1.20 bits per heavy atom. The van der Waals surface area contributed by atoms with Gasteiger partial charge in [-0.15, -0.1) is 20.4 Å². The van der Waals surface area contributed by atoms with Crippen molar-refractivity contribution < 1.29 is 9.59 Å². The summed E-state index contributed by atoms with van der Waals surface area (Å²) in [6, 6.07) is 18.2. The summed E-state index contributed by atoms with van der Waals surface area (Å²) >= 11 is 2.87. The van der Waals surface area contributed by atoms with Gasteiger partial charge in [0.05, 0.1) is 12.8 Å². The number of hydrogen-bond donors (Lipinski definition) is 2. The lowest BCUT2D eigenvalue weighted by Gasteiger charge is -2.22. The highest BCUT2D eigenvalue weighted by molar-refractivity contribution is 7.15. The van der Waals surface area contributed by atoms with Crippen LogP contribution in [0.4, 0.5) is 10.3 Å². The number of benzene rings is 2. The Labute approximate surface area is 249 Å². The van der Waals surface area contributed by atoms with Crippen LogP contribution in [0, 0.1) is 0 Å². The lowest BCUT2D eigenvalue weighted by molar-refractivity contribution is -0.116. The Kier molecular flexibility index (Phi) is 10.6. The molecule has 2 aromatic heterocycles. The van der Waals surface area contributed by atoms with Crippen molar-refractivity contribution in [2.24, 2.45) is 0 Å². The van der Waals surface area contributed by atoms with Crippen LogP contribution in [-0.2, 0) is 35.3 Å². The van der Waals surface area contributed by atoms with E-state index in [2.05, 4.69) is 55.3 Å². The van der Waals surface area contributed by atoms with Crippen LogP contribution in [0.25, 0.3) is 0 Å². The Morgan fingerprint density at radius 3 is 1.76 bits per heavy atom. The molecule has 0 unspecified atom stereocenters. The van der Waals surface area contributed by atoms with E-state index in [1.807, 2.05) is 30.3 Å². The first-order valence-corrected chi connectivity index (χ1v) is 16.1.